The van der Waals surface area contributed by atoms with E-state index >= 15 is 0 Å². The molecule has 0 fully saturated rings. The predicted molar refractivity (Wildman–Crippen MR) is 60.2 cm³/mol. The third-order valence-corrected chi connectivity index (χ3v) is 2.75. The highest BCUT2D eigenvalue weighted by molar-refractivity contribution is 5.34. The summed E-state index contributed by atoms with van der Waals surface area (Å²) < 4.78 is 14.5. The molecule has 0 radical (unpaired) electrons. The van der Waals surface area contributed by atoms with Crippen LogP contribution in [0, 0.1) is 5.82 Å². The summed E-state index contributed by atoms with van der Waals surface area (Å²) in [5.41, 5.74) is 7.36. The summed E-state index contributed by atoms with van der Waals surface area (Å²) in [5.74, 6) is -0.259. The van der Waals surface area contributed by atoms with Gasteiger partial charge in [0.05, 0.1) is 11.7 Å². The molecule has 0 amide bonds. The molecule has 4 heteroatoms. The van der Waals surface area contributed by atoms with Gasteiger partial charge in [-0.1, -0.05) is 12.1 Å². The third-order valence-electron chi connectivity index (χ3n) is 2.75. The Balaban J connectivity index is 2.42. The van der Waals surface area contributed by atoms with Crippen LogP contribution in [0.4, 0.5) is 4.39 Å². The monoisotopic (exact) mass is 219 g/mol. The van der Waals surface area contributed by atoms with E-state index in [9.17, 15) is 4.39 Å². The SMILES string of the molecule is Cn1cc(C(C)(N)c2ccc(F)cc2)cn1. The van der Waals surface area contributed by atoms with Crippen LogP contribution >= 0.6 is 0 Å². The van der Waals surface area contributed by atoms with Gasteiger partial charge in [0.25, 0.3) is 0 Å². The largest absolute Gasteiger partial charge is 0.318 e. The van der Waals surface area contributed by atoms with Crippen molar-refractivity contribution in [2.24, 2.45) is 12.8 Å². The Kier molecular flexibility index (Phi) is 2.52. The molecule has 0 bridgehead atoms. The van der Waals surface area contributed by atoms with Gasteiger partial charge < -0.3 is 5.73 Å². The van der Waals surface area contributed by atoms with Crippen LogP contribution < -0.4 is 5.73 Å². The predicted octanol–water partition coefficient (Wildman–Crippen LogP) is 1.78. The lowest BCUT2D eigenvalue weighted by atomic mass is 9.88. The molecule has 1 aromatic heterocycles. The first kappa shape index (κ1) is 10.8. The quantitative estimate of drug-likeness (QED) is 0.836. The molecule has 1 atom stereocenters. The van der Waals surface area contributed by atoms with E-state index in [1.54, 1.807) is 23.0 Å². The van der Waals surface area contributed by atoms with E-state index in [1.165, 1.54) is 12.1 Å². The first-order valence-corrected chi connectivity index (χ1v) is 5.04. The van der Waals surface area contributed by atoms with Gasteiger partial charge in [-0.25, -0.2) is 4.39 Å². The first-order valence-electron chi connectivity index (χ1n) is 5.04. The van der Waals surface area contributed by atoms with E-state index in [0.717, 1.165) is 11.1 Å². The zero-order valence-electron chi connectivity index (χ0n) is 9.31. The van der Waals surface area contributed by atoms with E-state index in [0.29, 0.717) is 0 Å². The molecule has 0 spiro atoms. The number of benzene rings is 1. The fourth-order valence-corrected chi connectivity index (χ4v) is 1.65. The average molecular weight is 219 g/mol. The second-order valence-corrected chi connectivity index (χ2v) is 4.11. The molecule has 2 N–H and O–H groups in total. The number of hydrogen-bond acceptors (Lipinski definition) is 2. The van der Waals surface area contributed by atoms with Crippen LogP contribution in [0.3, 0.4) is 0 Å². The summed E-state index contributed by atoms with van der Waals surface area (Å²) in [6.45, 7) is 1.89. The number of aromatic nitrogens is 2. The van der Waals surface area contributed by atoms with E-state index in [1.807, 2.05) is 20.2 Å². The van der Waals surface area contributed by atoms with Gasteiger partial charge in [-0.3, -0.25) is 4.68 Å². The molecule has 0 aliphatic rings. The minimum atomic E-state index is -0.651. The van der Waals surface area contributed by atoms with Crippen molar-refractivity contribution in [1.29, 1.82) is 0 Å². The molecule has 16 heavy (non-hydrogen) atoms. The van der Waals surface area contributed by atoms with E-state index < -0.39 is 5.54 Å². The highest BCUT2D eigenvalue weighted by Gasteiger charge is 2.24. The number of nitrogens with zero attached hydrogens (tertiary/aromatic N) is 2. The van der Waals surface area contributed by atoms with Gasteiger partial charge in [-0.2, -0.15) is 5.10 Å². The van der Waals surface area contributed by atoms with Crippen molar-refractivity contribution >= 4 is 0 Å². The van der Waals surface area contributed by atoms with Gasteiger partial charge in [-0.05, 0) is 24.6 Å². The Morgan fingerprint density at radius 3 is 2.38 bits per heavy atom. The summed E-state index contributed by atoms with van der Waals surface area (Å²) in [6, 6.07) is 6.22. The molecular formula is C12H14FN3. The summed E-state index contributed by atoms with van der Waals surface area (Å²) in [5, 5.41) is 4.09. The molecule has 0 saturated carbocycles. The lowest BCUT2D eigenvalue weighted by Crippen LogP contribution is -2.33. The molecular weight excluding hydrogens is 205 g/mol. The second-order valence-electron chi connectivity index (χ2n) is 4.11. The van der Waals surface area contributed by atoms with E-state index in [-0.39, 0.29) is 5.82 Å². The third kappa shape index (κ3) is 1.84. The van der Waals surface area contributed by atoms with Gasteiger partial charge in [0, 0.05) is 18.8 Å². The van der Waals surface area contributed by atoms with Crippen LogP contribution in [0.25, 0.3) is 0 Å². The highest BCUT2D eigenvalue weighted by atomic mass is 19.1. The molecule has 3 nitrogen and oxygen atoms in total. The van der Waals surface area contributed by atoms with E-state index in [2.05, 4.69) is 5.10 Å². The topological polar surface area (TPSA) is 43.8 Å². The first-order chi connectivity index (χ1) is 7.50. The van der Waals surface area contributed by atoms with Crippen LogP contribution in [0.1, 0.15) is 18.1 Å². The lowest BCUT2D eigenvalue weighted by Gasteiger charge is -2.23. The number of aryl methyl sites for hydroxylation is 1. The van der Waals surface area contributed by atoms with Crippen molar-refractivity contribution in [2.75, 3.05) is 0 Å². The minimum Gasteiger partial charge on any atom is -0.318 e. The van der Waals surface area contributed by atoms with Gasteiger partial charge in [0.15, 0.2) is 0 Å². The summed E-state index contributed by atoms with van der Waals surface area (Å²) in [7, 11) is 1.84. The summed E-state index contributed by atoms with van der Waals surface area (Å²) in [4.78, 5) is 0. The fourth-order valence-electron chi connectivity index (χ4n) is 1.65. The van der Waals surface area contributed by atoms with Crippen molar-refractivity contribution in [3.05, 3.63) is 53.6 Å². The van der Waals surface area contributed by atoms with Crippen molar-refractivity contribution in [2.45, 2.75) is 12.5 Å². The maximum absolute atomic E-state index is 12.8. The molecule has 84 valence electrons. The van der Waals surface area contributed by atoms with Crippen LogP contribution in [-0.4, -0.2) is 9.78 Å². The van der Waals surface area contributed by atoms with E-state index in [4.69, 9.17) is 5.73 Å². The average Bonchev–Trinajstić information content (AvgIpc) is 2.66. The van der Waals surface area contributed by atoms with Gasteiger partial charge in [0.1, 0.15) is 5.82 Å². The molecule has 2 aromatic rings. The maximum Gasteiger partial charge on any atom is 0.123 e. The Hall–Kier alpha value is -1.68. The standard InChI is InChI=1S/C12H14FN3/c1-12(14,10-7-15-16(2)8-10)9-3-5-11(13)6-4-9/h3-8H,14H2,1-2H3. The second kappa shape index (κ2) is 3.72. The minimum absolute atomic E-state index is 0.259. The van der Waals surface area contributed by atoms with Crippen LogP contribution in [0.15, 0.2) is 36.7 Å². The summed E-state index contributed by atoms with van der Waals surface area (Å²) >= 11 is 0. The van der Waals surface area contributed by atoms with Crippen LogP contribution in [0.5, 0.6) is 0 Å². The Morgan fingerprint density at radius 2 is 1.88 bits per heavy atom. The van der Waals surface area contributed by atoms with Crippen LogP contribution in [0.2, 0.25) is 0 Å². The molecule has 2 rings (SSSR count). The van der Waals surface area contributed by atoms with Crippen molar-refractivity contribution in [3.63, 3.8) is 0 Å². The van der Waals surface area contributed by atoms with Crippen molar-refractivity contribution in [1.82, 2.24) is 9.78 Å². The lowest BCUT2D eigenvalue weighted by molar-refractivity contribution is 0.592. The summed E-state index contributed by atoms with van der Waals surface area (Å²) in [6.07, 6.45) is 3.59. The Morgan fingerprint density at radius 1 is 1.25 bits per heavy atom. The Bertz CT molecular complexity index is 485. The Labute approximate surface area is 93.7 Å². The molecule has 0 aliphatic carbocycles. The van der Waals surface area contributed by atoms with Gasteiger partial charge >= 0.3 is 0 Å². The smallest absolute Gasteiger partial charge is 0.123 e. The van der Waals surface area contributed by atoms with Crippen molar-refractivity contribution < 1.29 is 4.39 Å². The molecule has 1 heterocycles. The zero-order chi connectivity index (χ0) is 11.8. The van der Waals surface area contributed by atoms with Gasteiger partial charge in [0.2, 0.25) is 0 Å². The number of nitrogens with two attached hydrogens (primary N) is 1. The number of halogens is 1. The highest BCUT2D eigenvalue weighted by Crippen LogP contribution is 2.25. The molecule has 1 aromatic carbocycles. The van der Waals surface area contributed by atoms with Crippen LogP contribution in [-0.2, 0) is 12.6 Å². The maximum atomic E-state index is 12.8. The fraction of sp³-hybridized carbons (Fsp3) is 0.250. The molecule has 1 unspecified atom stereocenters. The number of hydrogen-bond donors (Lipinski definition) is 1. The number of rotatable bonds is 2. The van der Waals surface area contributed by atoms with Gasteiger partial charge in [-0.15, -0.1) is 0 Å². The zero-order valence-corrected chi connectivity index (χ0v) is 9.31. The molecule has 0 aliphatic heterocycles. The molecule has 0 saturated heterocycles. The normalized spacial score (nSPS) is 14.8. The van der Waals surface area contributed by atoms with Crippen molar-refractivity contribution in [3.8, 4) is 0 Å².